The number of halogens is 1. The van der Waals surface area contributed by atoms with Gasteiger partial charge in [0.15, 0.2) is 17.3 Å². The summed E-state index contributed by atoms with van der Waals surface area (Å²) in [7, 11) is -2.42. The van der Waals surface area contributed by atoms with Crippen LogP contribution in [0, 0.1) is 0 Å². The van der Waals surface area contributed by atoms with E-state index in [0.29, 0.717) is 29.0 Å². The molecule has 4 rings (SSSR count). The van der Waals surface area contributed by atoms with Crippen molar-refractivity contribution in [1.29, 1.82) is 0 Å². The number of nitrogens with zero attached hydrogens (tertiary/aromatic N) is 3. The van der Waals surface area contributed by atoms with Gasteiger partial charge in [0.1, 0.15) is 11.2 Å². The Morgan fingerprint density at radius 2 is 1.94 bits per heavy atom. The van der Waals surface area contributed by atoms with Gasteiger partial charge in [-0.05, 0) is 24.6 Å². The Labute approximate surface area is 197 Å². The Kier molecular flexibility index (Phi) is 7.49. The summed E-state index contributed by atoms with van der Waals surface area (Å²) in [6.07, 6.45) is 2.15. The van der Waals surface area contributed by atoms with Crippen molar-refractivity contribution >= 4 is 38.3 Å². The lowest BCUT2D eigenvalue weighted by Gasteiger charge is -2.26. The number of methoxy groups -OCH3 is 1. The summed E-state index contributed by atoms with van der Waals surface area (Å²) in [5.41, 5.74) is 0.519. The van der Waals surface area contributed by atoms with Crippen LogP contribution in [0.4, 0.5) is 5.82 Å². The maximum absolute atomic E-state index is 12.9. The third-order valence-corrected chi connectivity index (χ3v) is 7.10. The van der Waals surface area contributed by atoms with Gasteiger partial charge in [0.2, 0.25) is 0 Å². The lowest BCUT2D eigenvalue weighted by molar-refractivity contribution is 0.0357. The molecular weight excluding hydrogens is 468 g/mol. The van der Waals surface area contributed by atoms with Crippen LogP contribution in [0.1, 0.15) is 6.42 Å². The second-order valence-electron chi connectivity index (χ2n) is 7.43. The number of rotatable bonds is 9. The maximum Gasteiger partial charge on any atom is 0.264 e. The number of hydrogen-bond donors (Lipinski definition) is 1. The Morgan fingerprint density at radius 1 is 1.15 bits per heavy atom. The summed E-state index contributed by atoms with van der Waals surface area (Å²) >= 11 is 6.07. The molecule has 1 saturated heterocycles. The third kappa shape index (κ3) is 5.64. The zero-order valence-corrected chi connectivity index (χ0v) is 19.7. The van der Waals surface area contributed by atoms with Gasteiger partial charge in [0.25, 0.3) is 10.0 Å². The summed E-state index contributed by atoms with van der Waals surface area (Å²) in [5.74, 6) is 1.12. The third-order valence-electron chi connectivity index (χ3n) is 5.26. The van der Waals surface area contributed by atoms with E-state index in [1.54, 1.807) is 24.3 Å². The predicted molar refractivity (Wildman–Crippen MR) is 126 cm³/mol. The van der Waals surface area contributed by atoms with Crippen molar-refractivity contribution in [3.8, 4) is 11.5 Å². The molecule has 0 unspecified atom stereocenters. The quantitative estimate of drug-likeness (QED) is 0.454. The molecule has 0 saturated carbocycles. The van der Waals surface area contributed by atoms with Crippen LogP contribution in [-0.2, 0) is 14.8 Å². The van der Waals surface area contributed by atoms with Crippen LogP contribution in [0.3, 0.4) is 0 Å². The van der Waals surface area contributed by atoms with Crippen molar-refractivity contribution in [3.05, 3.63) is 47.7 Å². The van der Waals surface area contributed by atoms with Gasteiger partial charge in [-0.15, -0.1) is 0 Å². The molecule has 0 bridgehead atoms. The number of ether oxygens (including phenoxy) is 3. The van der Waals surface area contributed by atoms with Crippen molar-refractivity contribution in [2.75, 3.05) is 51.3 Å². The Balaban J connectivity index is 1.52. The van der Waals surface area contributed by atoms with Crippen LogP contribution >= 0.6 is 11.6 Å². The van der Waals surface area contributed by atoms with Crippen LogP contribution in [0.5, 0.6) is 11.5 Å². The van der Waals surface area contributed by atoms with E-state index in [0.717, 1.165) is 39.3 Å². The van der Waals surface area contributed by atoms with Crippen LogP contribution in [0.25, 0.3) is 10.9 Å². The maximum atomic E-state index is 12.9. The van der Waals surface area contributed by atoms with E-state index < -0.39 is 10.0 Å². The highest BCUT2D eigenvalue weighted by Crippen LogP contribution is 2.35. The second kappa shape index (κ2) is 10.5. The van der Waals surface area contributed by atoms with E-state index in [1.807, 2.05) is 0 Å². The highest BCUT2D eigenvalue weighted by Gasteiger charge is 2.20. The molecule has 0 spiro atoms. The first-order chi connectivity index (χ1) is 16.0. The number of morpholine rings is 1. The Hall–Kier alpha value is -2.66. The molecule has 3 aromatic rings. The summed E-state index contributed by atoms with van der Waals surface area (Å²) in [5, 5.41) is 0.597. The average Bonchev–Trinajstić information content (AvgIpc) is 2.82. The van der Waals surface area contributed by atoms with Gasteiger partial charge in [-0.2, -0.15) is 0 Å². The fourth-order valence-electron chi connectivity index (χ4n) is 3.56. The van der Waals surface area contributed by atoms with Crippen molar-refractivity contribution in [2.24, 2.45) is 0 Å². The van der Waals surface area contributed by atoms with Gasteiger partial charge in [-0.1, -0.05) is 23.7 Å². The molecule has 0 amide bonds. The van der Waals surface area contributed by atoms with Gasteiger partial charge in [0, 0.05) is 31.1 Å². The standard InChI is InChI=1S/C22H25ClN4O5S/c1-30-19-13-16-18(14-20(19)32-10-4-7-27-8-11-31-12-9-27)24-15-25-22(16)26-33(28,29)21-6-3-2-5-17(21)23/h2-3,5-6,13-15H,4,7-12H2,1H3,(H,24,25,26). The molecule has 1 aromatic heterocycles. The highest BCUT2D eigenvalue weighted by atomic mass is 35.5. The first-order valence-electron chi connectivity index (χ1n) is 10.5. The molecule has 1 aliphatic rings. The average molecular weight is 493 g/mol. The Morgan fingerprint density at radius 3 is 2.70 bits per heavy atom. The minimum Gasteiger partial charge on any atom is -0.493 e. The largest absolute Gasteiger partial charge is 0.493 e. The van der Waals surface area contributed by atoms with E-state index in [2.05, 4.69) is 19.6 Å². The number of hydrogen-bond acceptors (Lipinski definition) is 8. The summed E-state index contributed by atoms with van der Waals surface area (Å²) in [4.78, 5) is 10.7. The lowest BCUT2D eigenvalue weighted by atomic mass is 10.2. The predicted octanol–water partition coefficient (Wildman–Crippen LogP) is 3.19. The van der Waals surface area contributed by atoms with Crippen LogP contribution < -0.4 is 14.2 Å². The normalized spacial score (nSPS) is 14.8. The zero-order chi connectivity index (χ0) is 23.3. The van der Waals surface area contributed by atoms with E-state index >= 15 is 0 Å². The molecule has 1 fully saturated rings. The van der Waals surface area contributed by atoms with Gasteiger partial charge >= 0.3 is 0 Å². The number of aromatic nitrogens is 2. The number of fused-ring (bicyclic) bond motifs is 1. The first-order valence-corrected chi connectivity index (χ1v) is 12.4. The van der Waals surface area contributed by atoms with E-state index in [1.165, 1.54) is 25.6 Å². The van der Waals surface area contributed by atoms with Crippen LogP contribution in [0.2, 0.25) is 5.02 Å². The minimum absolute atomic E-state index is 0.0365. The lowest BCUT2D eigenvalue weighted by Crippen LogP contribution is -2.37. The van der Waals surface area contributed by atoms with Crippen molar-refractivity contribution in [3.63, 3.8) is 0 Å². The van der Waals surface area contributed by atoms with Gasteiger partial charge < -0.3 is 14.2 Å². The fourth-order valence-corrected chi connectivity index (χ4v) is 5.11. The van der Waals surface area contributed by atoms with Gasteiger partial charge in [0.05, 0.1) is 37.5 Å². The molecule has 0 aliphatic carbocycles. The second-order valence-corrected chi connectivity index (χ2v) is 9.49. The number of nitrogens with one attached hydrogen (secondary N) is 1. The topological polar surface area (TPSA) is 103 Å². The molecule has 11 heteroatoms. The van der Waals surface area contributed by atoms with Gasteiger partial charge in [-0.25, -0.2) is 18.4 Å². The summed E-state index contributed by atoms with van der Waals surface area (Å²) in [6.45, 7) is 4.83. The molecule has 0 radical (unpaired) electrons. The monoisotopic (exact) mass is 492 g/mol. The molecule has 1 aliphatic heterocycles. The highest BCUT2D eigenvalue weighted by molar-refractivity contribution is 7.92. The van der Waals surface area contributed by atoms with Crippen molar-refractivity contribution in [1.82, 2.24) is 14.9 Å². The fraction of sp³-hybridized carbons (Fsp3) is 0.364. The van der Waals surface area contributed by atoms with Crippen molar-refractivity contribution in [2.45, 2.75) is 11.3 Å². The SMILES string of the molecule is COc1cc2c(NS(=O)(=O)c3ccccc3Cl)ncnc2cc1OCCCN1CCOCC1. The molecule has 2 aromatic carbocycles. The Bertz CT molecular complexity index is 1220. The number of sulfonamides is 1. The van der Waals surface area contributed by atoms with Gasteiger partial charge in [-0.3, -0.25) is 9.62 Å². The molecule has 176 valence electrons. The van der Waals surface area contributed by atoms with E-state index in [9.17, 15) is 8.42 Å². The smallest absolute Gasteiger partial charge is 0.264 e. The summed E-state index contributed by atoms with van der Waals surface area (Å²) in [6, 6.07) is 9.59. The molecule has 1 N–H and O–H groups in total. The molecule has 2 heterocycles. The zero-order valence-electron chi connectivity index (χ0n) is 18.2. The number of benzene rings is 2. The van der Waals surface area contributed by atoms with Crippen molar-refractivity contribution < 1.29 is 22.6 Å². The van der Waals surface area contributed by atoms with Crippen LogP contribution in [-0.4, -0.2) is 69.9 Å². The molecule has 9 nitrogen and oxygen atoms in total. The molecule has 33 heavy (non-hydrogen) atoms. The van der Waals surface area contributed by atoms with E-state index in [-0.39, 0.29) is 15.7 Å². The number of anilines is 1. The first kappa shape index (κ1) is 23.5. The minimum atomic E-state index is -3.95. The van der Waals surface area contributed by atoms with E-state index in [4.69, 9.17) is 25.8 Å². The molecular formula is C22H25ClN4O5S. The summed E-state index contributed by atoms with van der Waals surface area (Å²) < 4.78 is 45.0. The van der Waals surface area contributed by atoms with Crippen LogP contribution in [0.15, 0.2) is 47.6 Å². The molecule has 0 atom stereocenters.